The van der Waals surface area contributed by atoms with Crippen molar-refractivity contribution in [2.24, 2.45) is 0 Å². The van der Waals surface area contributed by atoms with Crippen LogP contribution in [0.15, 0.2) is 10.6 Å². The van der Waals surface area contributed by atoms with Gasteiger partial charge in [-0.3, -0.25) is 0 Å². The second-order valence-corrected chi connectivity index (χ2v) is 10.9. The Kier molecular flexibility index (Phi) is 4.22. The van der Waals surface area contributed by atoms with E-state index in [0.717, 1.165) is 0 Å². The lowest BCUT2D eigenvalue weighted by Crippen LogP contribution is -2.45. The zero-order chi connectivity index (χ0) is 10.9. The number of allylic oxidation sites excluding steroid dienone is 1. The van der Waals surface area contributed by atoms with Crippen LogP contribution in [0, 0.1) is 0 Å². The lowest BCUT2D eigenvalue weighted by atomic mass is 10.2. The molecule has 0 aromatic rings. The Labute approximate surface area is 91.1 Å². The molecule has 0 fully saturated rings. The molecular weight excluding hydrogens is 223 g/mol. The third kappa shape index (κ3) is 3.45. The fourth-order valence-electron chi connectivity index (χ4n) is 0.649. The highest BCUT2D eigenvalue weighted by Crippen LogP contribution is 2.36. The average molecular weight is 239 g/mol. The molecule has 13 heavy (non-hydrogen) atoms. The summed E-state index contributed by atoms with van der Waals surface area (Å²) in [6.07, 6.45) is 1.33. The monoisotopic (exact) mass is 238 g/mol. The molecule has 0 N–H and O–H groups in total. The summed E-state index contributed by atoms with van der Waals surface area (Å²) in [6, 6.07) is 0. The predicted molar refractivity (Wildman–Crippen MR) is 62.0 cm³/mol. The molecule has 0 unspecified atom stereocenters. The zero-order valence-corrected chi connectivity index (χ0v) is 11.3. The first-order valence-electron chi connectivity index (χ1n) is 4.16. The molecule has 0 saturated carbocycles. The highest BCUT2D eigenvalue weighted by atomic mass is 35.5. The standard InChI is InChI=1S/C9H16Cl2OSi/c1-9(2,3)13(4,5)8(12)6-7(10)11/h6H,1-5H3. The van der Waals surface area contributed by atoms with Crippen LogP contribution in [0.25, 0.3) is 0 Å². The molecule has 0 aliphatic rings. The summed E-state index contributed by atoms with van der Waals surface area (Å²) >= 11 is 10.9. The third-order valence-electron chi connectivity index (χ3n) is 2.73. The van der Waals surface area contributed by atoms with E-state index in [9.17, 15) is 4.79 Å². The summed E-state index contributed by atoms with van der Waals surface area (Å²) in [7, 11) is -1.96. The van der Waals surface area contributed by atoms with Gasteiger partial charge in [-0.05, 0) is 5.04 Å². The minimum absolute atomic E-state index is 0.0316. The van der Waals surface area contributed by atoms with Gasteiger partial charge in [-0.15, -0.1) is 0 Å². The van der Waals surface area contributed by atoms with E-state index in [1.807, 2.05) is 13.1 Å². The molecule has 1 nitrogen and oxygen atoms in total. The summed E-state index contributed by atoms with van der Waals surface area (Å²) in [5.74, 6) is 0. The fraction of sp³-hybridized carbons (Fsp3) is 0.667. The molecule has 0 atom stereocenters. The molecule has 0 radical (unpaired) electrons. The van der Waals surface area contributed by atoms with E-state index in [-0.39, 0.29) is 14.9 Å². The largest absolute Gasteiger partial charge is 0.301 e. The van der Waals surface area contributed by atoms with Crippen LogP contribution in [0.2, 0.25) is 18.1 Å². The van der Waals surface area contributed by atoms with Gasteiger partial charge < -0.3 is 4.79 Å². The van der Waals surface area contributed by atoms with Crippen LogP contribution < -0.4 is 0 Å². The fourth-order valence-corrected chi connectivity index (χ4v) is 2.27. The minimum Gasteiger partial charge on any atom is -0.301 e. The van der Waals surface area contributed by atoms with E-state index in [2.05, 4.69) is 20.8 Å². The minimum atomic E-state index is -1.96. The molecule has 0 aromatic heterocycles. The molecule has 0 spiro atoms. The first-order chi connectivity index (χ1) is 5.59. The number of carbonyl (C=O) groups is 1. The van der Waals surface area contributed by atoms with Crippen LogP contribution in [0.3, 0.4) is 0 Å². The van der Waals surface area contributed by atoms with Gasteiger partial charge in [0, 0.05) is 6.08 Å². The van der Waals surface area contributed by atoms with Gasteiger partial charge in [0.25, 0.3) is 0 Å². The summed E-state index contributed by atoms with van der Waals surface area (Å²) in [5.41, 5.74) is 0. The summed E-state index contributed by atoms with van der Waals surface area (Å²) in [6.45, 7) is 10.3. The van der Waals surface area contributed by atoms with Crippen LogP contribution in [-0.4, -0.2) is 13.5 Å². The summed E-state index contributed by atoms with van der Waals surface area (Å²) < 4.78 is 0.0508. The highest BCUT2D eigenvalue weighted by Gasteiger charge is 2.41. The van der Waals surface area contributed by atoms with Crippen molar-refractivity contribution in [3.8, 4) is 0 Å². The van der Waals surface area contributed by atoms with E-state index >= 15 is 0 Å². The van der Waals surface area contributed by atoms with Crippen LogP contribution in [0.5, 0.6) is 0 Å². The molecule has 0 amide bonds. The molecule has 0 aliphatic carbocycles. The molecule has 76 valence electrons. The molecule has 0 aliphatic heterocycles. The maximum atomic E-state index is 11.7. The van der Waals surface area contributed by atoms with Gasteiger partial charge in [0.1, 0.15) is 18.0 Å². The quantitative estimate of drug-likeness (QED) is 0.527. The van der Waals surface area contributed by atoms with Gasteiger partial charge in [-0.25, -0.2) is 0 Å². The Hall–Kier alpha value is 0.207. The maximum absolute atomic E-state index is 11.7. The van der Waals surface area contributed by atoms with Crippen molar-refractivity contribution in [1.29, 1.82) is 0 Å². The van der Waals surface area contributed by atoms with E-state index in [1.165, 1.54) is 6.08 Å². The van der Waals surface area contributed by atoms with Gasteiger partial charge in [0.2, 0.25) is 0 Å². The molecule has 0 aromatic carbocycles. The highest BCUT2D eigenvalue weighted by molar-refractivity contribution is 7.07. The summed E-state index contributed by atoms with van der Waals surface area (Å²) in [4.78, 5) is 11.7. The molecule has 0 rings (SSSR count). The average Bonchev–Trinajstić information content (AvgIpc) is 1.82. The van der Waals surface area contributed by atoms with Crippen molar-refractivity contribution in [2.75, 3.05) is 0 Å². The van der Waals surface area contributed by atoms with Crippen LogP contribution in [0.1, 0.15) is 20.8 Å². The lowest BCUT2D eigenvalue weighted by molar-refractivity contribution is -0.108. The van der Waals surface area contributed by atoms with E-state index < -0.39 is 8.07 Å². The zero-order valence-electron chi connectivity index (χ0n) is 8.74. The number of carbonyl (C=O) groups excluding carboxylic acids is 1. The molecule has 0 saturated heterocycles. The first-order valence-corrected chi connectivity index (χ1v) is 7.92. The van der Waals surface area contributed by atoms with Crippen LogP contribution >= 0.6 is 23.2 Å². The number of hydrogen-bond acceptors (Lipinski definition) is 1. The van der Waals surface area contributed by atoms with Gasteiger partial charge in [-0.1, -0.05) is 57.1 Å². The maximum Gasteiger partial charge on any atom is 0.137 e. The molecule has 0 heterocycles. The molecule has 4 heteroatoms. The topological polar surface area (TPSA) is 17.1 Å². The van der Waals surface area contributed by atoms with Crippen molar-refractivity contribution < 1.29 is 4.79 Å². The van der Waals surface area contributed by atoms with Crippen LogP contribution in [0.4, 0.5) is 0 Å². The first kappa shape index (κ1) is 13.2. The van der Waals surface area contributed by atoms with E-state index in [0.29, 0.717) is 0 Å². The van der Waals surface area contributed by atoms with E-state index in [4.69, 9.17) is 23.2 Å². The van der Waals surface area contributed by atoms with Crippen molar-refractivity contribution >= 4 is 36.7 Å². The van der Waals surface area contributed by atoms with Crippen molar-refractivity contribution in [3.05, 3.63) is 10.6 Å². The molecule has 0 bridgehead atoms. The van der Waals surface area contributed by atoms with Crippen molar-refractivity contribution in [1.82, 2.24) is 0 Å². The van der Waals surface area contributed by atoms with Gasteiger partial charge >= 0.3 is 0 Å². The Balaban J connectivity index is 4.87. The van der Waals surface area contributed by atoms with Gasteiger partial charge in [0.15, 0.2) is 0 Å². The normalized spacial score (nSPS) is 12.5. The van der Waals surface area contributed by atoms with Gasteiger partial charge in [-0.2, -0.15) is 0 Å². The smallest absolute Gasteiger partial charge is 0.137 e. The predicted octanol–water partition coefficient (Wildman–Crippen LogP) is 3.92. The van der Waals surface area contributed by atoms with Crippen LogP contribution in [-0.2, 0) is 4.79 Å². The SMILES string of the molecule is CC(C)(C)[Si](C)(C)C(=O)C=C(Cl)Cl. The Bertz CT molecular complexity index is 234. The Morgan fingerprint density at radius 1 is 1.23 bits per heavy atom. The number of rotatable bonds is 2. The molecular formula is C9H16Cl2OSi. The lowest BCUT2D eigenvalue weighted by Gasteiger charge is -2.34. The van der Waals surface area contributed by atoms with E-state index in [1.54, 1.807) is 0 Å². The Morgan fingerprint density at radius 3 is 1.85 bits per heavy atom. The summed E-state index contributed by atoms with van der Waals surface area (Å²) in [5, 5.41) is 0.129. The number of halogens is 2. The van der Waals surface area contributed by atoms with Crippen molar-refractivity contribution in [2.45, 2.75) is 38.9 Å². The van der Waals surface area contributed by atoms with Crippen molar-refractivity contribution in [3.63, 3.8) is 0 Å². The second-order valence-electron chi connectivity index (χ2n) is 4.67. The number of hydrogen-bond donors (Lipinski definition) is 0. The third-order valence-corrected chi connectivity index (χ3v) is 8.08. The van der Waals surface area contributed by atoms with Gasteiger partial charge in [0.05, 0.1) is 0 Å². The second kappa shape index (κ2) is 4.16. The Morgan fingerprint density at radius 2 is 1.62 bits per heavy atom.